The minimum absolute atomic E-state index is 0.152. The molecule has 1 atom stereocenters. The molecule has 0 saturated heterocycles. The van der Waals surface area contributed by atoms with E-state index in [1.54, 1.807) is 48.5 Å². The highest BCUT2D eigenvalue weighted by Gasteiger charge is 2.24. The molecule has 0 aliphatic rings. The summed E-state index contributed by atoms with van der Waals surface area (Å²) >= 11 is 5.88. The van der Waals surface area contributed by atoms with Crippen molar-refractivity contribution in [2.45, 2.75) is 72.1 Å². The van der Waals surface area contributed by atoms with Gasteiger partial charge in [-0.15, -0.1) is 0 Å². The molecule has 0 aliphatic carbocycles. The lowest BCUT2D eigenvalue weighted by Gasteiger charge is -2.24. The van der Waals surface area contributed by atoms with Crippen molar-refractivity contribution < 1.29 is 28.6 Å². The zero-order valence-corrected chi connectivity index (χ0v) is 16.7. The van der Waals surface area contributed by atoms with Gasteiger partial charge in [-0.2, -0.15) is 0 Å². The van der Waals surface area contributed by atoms with Crippen molar-refractivity contribution in [2.24, 2.45) is 0 Å². The fraction of sp³-hybridized carbons (Fsp3) is 0.706. The molecule has 144 valence electrons. The highest BCUT2D eigenvalue weighted by atomic mass is 35.5. The third kappa shape index (κ3) is 12.3. The summed E-state index contributed by atoms with van der Waals surface area (Å²) in [4.78, 5) is 35.6. The van der Waals surface area contributed by atoms with Crippen LogP contribution in [0.15, 0.2) is 11.1 Å². The Morgan fingerprint density at radius 2 is 1.56 bits per heavy atom. The maximum atomic E-state index is 12.0. The van der Waals surface area contributed by atoms with Crippen molar-refractivity contribution in [3.8, 4) is 0 Å². The second-order valence-electron chi connectivity index (χ2n) is 7.28. The molecule has 0 aromatic rings. The standard InChI is InChI=1S/C17H28ClNO6/c1-8-23-14(21)12(18)9-11(10-13(20)24-16(2,3)4)19-15(22)25-17(5,6)7/h9,11H,8,10H2,1-7H3,(H,19,22)/b12-9+. The number of hydrogen-bond donors (Lipinski definition) is 1. The lowest BCUT2D eigenvalue weighted by Crippen LogP contribution is -2.40. The molecule has 0 spiro atoms. The van der Waals surface area contributed by atoms with Gasteiger partial charge in [0.1, 0.15) is 16.2 Å². The van der Waals surface area contributed by atoms with E-state index in [0.29, 0.717) is 0 Å². The predicted molar refractivity (Wildman–Crippen MR) is 94.2 cm³/mol. The molecule has 1 unspecified atom stereocenters. The molecule has 0 rings (SSSR count). The molecular weight excluding hydrogens is 350 g/mol. The van der Waals surface area contributed by atoms with Gasteiger partial charge in [0.2, 0.25) is 0 Å². The van der Waals surface area contributed by atoms with Crippen LogP contribution in [0, 0.1) is 0 Å². The molecule has 1 N–H and O–H groups in total. The number of carbonyl (C=O) groups excluding carboxylic acids is 3. The van der Waals surface area contributed by atoms with E-state index in [4.69, 9.17) is 25.8 Å². The molecule has 0 fully saturated rings. The quantitative estimate of drug-likeness (QED) is 0.434. The summed E-state index contributed by atoms with van der Waals surface area (Å²) in [5.74, 6) is -1.30. The van der Waals surface area contributed by atoms with E-state index < -0.39 is 35.3 Å². The lowest BCUT2D eigenvalue weighted by atomic mass is 10.1. The Hall–Kier alpha value is -1.76. The first-order chi connectivity index (χ1) is 11.2. The van der Waals surface area contributed by atoms with E-state index in [0.717, 1.165) is 0 Å². The summed E-state index contributed by atoms with van der Waals surface area (Å²) in [5, 5.41) is 2.24. The van der Waals surface area contributed by atoms with Gasteiger partial charge in [-0.1, -0.05) is 11.6 Å². The minimum atomic E-state index is -0.887. The summed E-state index contributed by atoms with van der Waals surface area (Å²) < 4.78 is 15.1. The van der Waals surface area contributed by atoms with Gasteiger partial charge in [-0.05, 0) is 54.5 Å². The maximum Gasteiger partial charge on any atom is 0.408 e. The van der Waals surface area contributed by atoms with Gasteiger partial charge in [-0.3, -0.25) is 4.79 Å². The van der Waals surface area contributed by atoms with Crippen molar-refractivity contribution in [3.63, 3.8) is 0 Å². The van der Waals surface area contributed by atoms with Crippen molar-refractivity contribution in [3.05, 3.63) is 11.1 Å². The number of halogens is 1. The number of rotatable bonds is 6. The first kappa shape index (κ1) is 23.2. The van der Waals surface area contributed by atoms with Crippen LogP contribution in [0.2, 0.25) is 0 Å². The van der Waals surface area contributed by atoms with Gasteiger partial charge >= 0.3 is 18.0 Å². The molecular formula is C17H28ClNO6. The van der Waals surface area contributed by atoms with Crippen LogP contribution < -0.4 is 5.32 Å². The van der Waals surface area contributed by atoms with Crippen LogP contribution in [0.5, 0.6) is 0 Å². The van der Waals surface area contributed by atoms with Crippen LogP contribution in [0.25, 0.3) is 0 Å². The lowest BCUT2D eigenvalue weighted by molar-refractivity contribution is -0.155. The zero-order valence-electron chi connectivity index (χ0n) is 15.9. The summed E-state index contributed by atoms with van der Waals surface area (Å²) in [6.45, 7) is 12.1. The zero-order chi connectivity index (χ0) is 19.8. The number of hydrogen-bond acceptors (Lipinski definition) is 6. The molecule has 0 radical (unpaired) electrons. The SMILES string of the molecule is CCOC(=O)/C(Cl)=C\C(CC(=O)OC(C)(C)C)NC(=O)OC(C)(C)C. The van der Waals surface area contributed by atoms with Crippen molar-refractivity contribution in [1.82, 2.24) is 5.32 Å². The molecule has 0 aromatic carbocycles. The third-order valence-corrected chi connectivity index (χ3v) is 2.61. The van der Waals surface area contributed by atoms with E-state index in [9.17, 15) is 14.4 Å². The van der Waals surface area contributed by atoms with E-state index in [-0.39, 0.29) is 18.1 Å². The average Bonchev–Trinajstić information content (AvgIpc) is 2.33. The van der Waals surface area contributed by atoms with Crippen molar-refractivity contribution in [2.75, 3.05) is 6.61 Å². The molecule has 0 aliphatic heterocycles. The average molecular weight is 378 g/mol. The maximum absolute atomic E-state index is 12.0. The molecule has 0 bridgehead atoms. The number of nitrogens with one attached hydrogen (secondary N) is 1. The van der Waals surface area contributed by atoms with Crippen molar-refractivity contribution >= 4 is 29.6 Å². The van der Waals surface area contributed by atoms with Crippen LogP contribution in [0.1, 0.15) is 54.9 Å². The smallest absolute Gasteiger partial charge is 0.408 e. The number of ether oxygens (including phenoxy) is 3. The molecule has 0 heterocycles. The second kappa shape index (κ2) is 9.65. The summed E-state index contributed by atoms with van der Waals surface area (Å²) in [7, 11) is 0. The molecule has 0 saturated carbocycles. The molecule has 8 heteroatoms. The second-order valence-corrected chi connectivity index (χ2v) is 7.69. The third-order valence-electron chi connectivity index (χ3n) is 2.33. The van der Waals surface area contributed by atoms with Gasteiger partial charge in [0.15, 0.2) is 0 Å². The molecule has 7 nitrogen and oxygen atoms in total. The van der Waals surface area contributed by atoms with Gasteiger partial charge in [0, 0.05) is 0 Å². The van der Waals surface area contributed by atoms with Crippen LogP contribution in [-0.2, 0) is 23.8 Å². The van der Waals surface area contributed by atoms with Gasteiger partial charge in [0.05, 0.1) is 19.1 Å². The van der Waals surface area contributed by atoms with Gasteiger partial charge in [-0.25, -0.2) is 9.59 Å². The number of amides is 1. The molecule has 25 heavy (non-hydrogen) atoms. The largest absolute Gasteiger partial charge is 0.462 e. The highest BCUT2D eigenvalue weighted by molar-refractivity contribution is 6.41. The first-order valence-corrected chi connectivity index (χ1v) is 8.37. The Labute approximate surface area is 154 Å². The monoisotopic (exact) mass is 377 g/mol. The normalized spacial score (nSPS) is 13.7. The van der Waals surface area contributed by atoms with Crippen molar-refractivity contribution in [1.29, 1.82) is 0 Å². The van der Waals surface area contributed by atoms with Gasteiger partial charge < -0.3 is 19.5 Å². The summed E-state index contributed by atoms with van der Waals surface area (Å²) in [6, 6.07) is -0.887. The Balaban J connectivity index is 5.17. The minimum Gasteiger partial charge on any atom is -0.462 e. The molecule has 1 amide bonds. The van der Waals surface area contributed by atoms with E-state index >= 15 is 0 Å². The van der Waals surface area contributed by atoms with E-state index in [1.807, 2.05) is 0 Å². The molecule has 0 aromatic heterocycles. The van der Waals surface area contributed by atoms with E-state index in [1.165, 1.54) is 6.08 Å². The number of carbonyl (C=O) groups is 3. The number of esters is 2. The fourth-order valence-electron chi connectivity index (χ4n) is 1.62. The number of alkyl carbamates (subject to hydrolysis) is 1. The Kier molecular flexibility index (Phi) is 8.97. The summed E-state index contributed by atoms with van der Waals surface area (Å²) in [6.07, 6.45) is 0.269. The highest BCUT2D eigenvalue weighted by Crippen LogP contribution is 2.14. The van der Waals surface area contributed by atoms with E-state index in [2.05, 4.69) is 5.32 Å². The van der Waals surface area contributed by atoms with Crippen LogP contribution in [-0.4, -0.2) is 41.9 Å². The predicted octanol–water partition coefficient (Wildman–Crippen LogP) is 3.30. The summed E-state index contributed by atoms with van der Waals surface area (Å²) in [5.41, 5.74) is -1.39. The topological polar surface area (TPSA) is 90.9 Å². The van der Waals surface area contributed by atoms with Crippen LogP contribution in [0.4, 0.5) is 4.79 Å². The Bertz CT molecular complexity index is 486. The first-order valence-electron chi connectivity index (χ1n) is 7.99. The van der Waals surface area contributed by atoms with Gasteiger partial charge in [0.25, 0.3) is 0 Å². The fourth-order valence-corrected chi connectivity index (χ4v) is 1.82. The van der Waals surface area contributed by atoms with Crippen LogP contribution in [0.3, 0.4) is 0 Å². The van der Waals surface area contributed by atoms with Crippen LogP contribution >= 0.6 is 11.6 Å². The Morgan fingerprint density at radius 1 is 1.04 bits per heavy atom. The Morgan fingerprint density at radius 3 is 2.00 bits per heavy atom.